The maximum atomic E-state index is 11.7. The number of nitrogen functional groups attached to an aromatic ring is 1. The van der Waals surface area contributed by atoms with E-state index in [4.69, 9.17) is 5.84 Å². The van der Waals surface area contributed by atoms with E-state index in [1.165, 1.54) is 12.4 Å². The Bertz CT molecular complexity index is 588. The number of nitrogens with zero attached hydrogens (tertiary/aromatic N) is 4. The Morgan fingerprint density at radius 3 is 2.76 bits per heavy atom. The maximum Gasteiger partial charge on any atom is 0.279 e. The Balaban J connectivity index is 2.59. The van der Waals surface area contributed by atoms with Gasteiger partial charge in [0.2, 0.25) is 5.95 Å². The van der Waals surface area contributed by atoms with Crippen molar-refractivity contribution in [3.63, 3.8) is 0 Å². The fourth-order valence-corrected chi connectivity index (χ4v) is 1.69. The summed E-state index contributed by atoms with van der Waals surface area (Å²) >= 11 is 0. The molecule has 0 bridgehead atoms. The predicted molar refractivity (Wildman–Crippen MR) is 67.5 cm³/mol. The van der Waals surface area contributed by atoms with Gasteiger partial charge >= 0.3 is 0 Å². The van der Waals surface area contributed by atoms with Gasteiger partial charge in [-0.2, -0.15) is 0 Å². The average molecular weight is 233 g/mol. The number of fused-ring (bicyclic) bond motifs is 1. The van der Waals surface area contributed by atoms with Gasteiger partial charge in [0, 0.05) is 25.5 Å². The summed E-state index contributed by atoms with van der Waals surface area (Å²) in [6.07, 6.45) is 3.03. The highest BCUT2D eigenvalue weighted by Gasteiger charge is 2.08. The van der Waals surface area contributed by atoms with E-state index in [9.17, 15) is 4.79 Å². The molecule has 0 spiro atoms. The molecule has 2 aromatic heterocycles. The Labute approximate surface area is 98.7 Å². The van der Waals surface area contributed by atoms with Crippen LogP contribution >= 0.6 is 0 Å². The molecule has 0 aliphatic heterocycles. The van der Waals surface area contributed by atoms with E-state index >= 15 is 0 Å². The van der Waals surface area contributed by atoms with Crippen molar-refractivity contribution in [2.24, 2.45) is 0 Å². The Morgan fingerprint density at radius 1 is 1.41 bits per heavy atom. The Kier molecular flexibility index (Phi) is 2.95. The lowest BCUT2D eigenvalue weighted by Crippen LogP contribution is -2.27. The fourth-order valence-electron chi connectivity index (χ4n) is 1.69. The Morgan fingerprint density at radius 2 is 2.12 bits per heavy atom. The van der Waals surface area contributed by atoms with Crippen LogP contribution in [0.4, 0.5) is 5.95 Å². The summed E-state index contributed by atoms with van der Waals surface area (Å²) in [5.74, 6) is 6.11. The minimum atomic E-state index is -0.284. The van der Waals surface area contributed by atoms with Gasteiger partial charge in [-0.05, 0) is 19.9 Å². The molecule has 0 aromatic carbocycles. The first kappa shape index (κ1) is 11.4. The summed E-state index contributed by atoms with van der Waals surface area (Å²) in [6.45, 7) is 5.73. The van der Waals surface area contributed by atoms with Gasteiger partial charge in [0.05, 0.1) is 10.9 Å². The molecular formula is C11H15N5O. The molecule has 0 aliphatic rings. The summed E-state index contributed by atoms with van der Waals surface area (Å²) in [5, 5.41) is 0.436. The largest absolute Gasteiger partial charge is 0.341 e. The van der Waals surface area contributed by atoms with Gasteiger partial charge < -0.3 is 10.7 Å². The molecule has 0 saturated heterocycles. The van der Waals surface area contributed by atoms with E-state index in [1.54, 1.807) is 6.07 Å². The predicted octanol–water partition coefficient (Wildman–Crippen LogP) is 0.351. The molecule has 0 aliphatic carbocycles. The number of aromatic nitrogens is 3. The molecule has 0 fully saturated rings. The third-order valence-electron chi connectivity index (χ3n) is 2.71. The zero-order chi connectivity index (χ0) is 12.4. The van der Waals surface area contributed by atoms with Gasteiger partial charge in [-0.15, -0.1) is 0 Å². The van der Waals surface area contributed by atoms with Crippen LogP contribution in [0, 0.1) is 0 Å². The van der Waals surface area contributed by atoms with Crippen molar-refractivity contribution >= 4 is 16.9 Å². The van der Waals surface area contributed by atoms with Gasteiger partial charge in [0.15, 0.2) is 0 Å². The number of hydrogen-bond acceptors (Lipinski definition) is 5. The summed E-state index contributed by atoms with van der Waals surface area (Å²) in [5.41, 5.74) is 0.335. The van der Waals surface area contributed by atoms with Crippen LogP contribution < -0.4 is 16.3 Å². The Hall–Kier alpha value is -2.11. The standard InChI is InChI=1S/C11H15N5O/c1-3-15(4-2)11-13-7-8-9(14-11)5-6-16(12)10(8)17/h5-7H,3-4,12H2,1-2H3. The van der Waals surface area contributed by atoms with Gasteiger partial charge in [-0.25, -0.2) is 14.6 Å². The van der Waals surface area contributed by atoms with Gasteiger partial charge in [0.1, 0.15) is 0 Å². The molecule has 0 radical (unpaired) electrons. The zero-order valence-corrected chi connectivity index (χ0v) is 9.92. The first-order valence-corrected chi connectivity index (χ1v) is 5.55. The van der Waals surface area contributed by atoms with Crippen LogP contribution in [-0.4, -0.2) is 27.7 Å². The van der Waals surface area contributed by atoms with Crippen molar-refractivity contribution in [3.8, 4) is 0 Å². The first-order chi connectivity index (χ1) is 8.17. The molecule has 2 N–H and O–H groups in total. The van der Waals surface area contributed by atoms with Crippen molar-refractivity contribution in [2.75, 3.05) is 23.8 Å². The number of rotatable bonds is 3. The number of nitrogens with two attached hydrogens (primary N) is 1. The highest BCUT2D eigenvalue weighted by molar-refractivity contribution is 5.77. The number of pyridine rings is 1. The van der Waals surface area contributed by atoms with Crippen molar-refractivity contribution in [1.82, 2.24) is 14.6 Å². The summed E-state index contributed by atoms with van der Waals surface area (Å²) in [6, 6.07) is 1.71. The lowest BCUT2D eigenvalue weighted by atomic mass is 10.3. The SMILES string of the molecule is CCN(CC)c1ncc2c(=O)n(N)ccc2n1. The van der Waals surface area contributed by atoms with Crippen molar-refractivity contribution in [2.45, 2.75) is 13.8 Å². The zero-order valence-electron chi connectivity index (χ0n) is 9.92. The van der Waals surface area contributed by atoms with E-state index in [0.29, 0.717) is 16.9 Å². The minimum absolute atomic E-state index is 0.284. The second kappa shape index (κ2) is 4.40. The molecule has 17 heavy (non-hydrogen) atoms. The number of hydrogen-bond donors (Lipinski definition) is 1. The van der Waals surface area contributed by atoms with Crippen LogP contribution in [0.15, 0.2) is 23.3 Å². The van der Waals surface area contributed by atoms with Crippen LogP contribution in [-0.2, 0) is 0 Å². The van der Waals surface area contributed by atoms with Crippen molar-refractivity contribution in [1.29, 1.82) is 0 Å². The smallest absolute Gasteiger partial charge is 0.279 e. The van der Waals surface area contributed by atoms with E-state index in [-0.39, 0.29) is 5.56 Å². The lowest BCUT2D eigenvalue weighted by Gasteiger charge is -2.18. The van der Waals surface area contributed by atoms with E-state index < -0.39 is 0 Å². The second-order valence-corrected chi connectivity index (χ2v) is 3.67. The van der Waals surface area contributed by atoms with E-state index in [1.807, 2.05) is 18.7 Å². The van der Waals surface area contributed by atoms with Crippen LogP contribution in [0.2, 0.25) is 0 Å². The number of anilines is 1. The van der Waals surface area contributed by atoms with E-state index in [2.05, 4.69) is 9.97 Å². The highest BCUT2D eigenvalue weighted by Crippen LogP contribution is 2.11. The molecule has 0 amide bonds. The normalized spacial score (nSPS) is 10.7. The molecule has 2 rings (SSSR count). The van der Waals surface area contributed by atoms with Crippen LogP contribution in [0.3, 0.4) is 0 Å². The molecule has 90 valence electrons. The van der Waals surface area contributed by atoms with E-state index in [0.717, 1.165) is 17.8 Å². The molecule has 0 atom stereocenters. The maximum absolute atomic E-state index is 11.7. The van der Waals surface area contributed by atoms with Crippen LogP contribution in [0.25, 0.3) is 10.9 Å². The molecule has 6 nitrogen and oxygen atoms in total. The molecule has 0 saturated carbocycles. The summed E-state index contributed by atoms with van der Waals surface area (Å²) < 4.78 is 1.03. The molecule has 2 aromatic rings. The topological polar surface area (TPSA) is 77.0 Å². The highest BCUT2D eigenvalue weighted by atomic mass is 16.1. The van der Waals surface area contributed by atoms with Gasteiger partial charge in [0.25, 0.3) is 5.56 Å². The molecular weight excluding hydrogens is 218 g/mol. The quantitative estimate of drug-likeness (QED) is 0.774. The van der Waals surface area contributed by atoms with Gasteiger partial charge in [-0.1, -0.05) is 0 Å². The molecule has 2 heterocycles. The second-order valence-electron chi connectivity index (χ2n) is 3.67. The van der Waals surface area contributed by atoms with Crippen LogP contribution in [0.5, 0.6) is 0 Å². The third kappa shape index (κ3) is 1.93. The first-order valence-electron chi connectivity index (χ1n) is 5.55. The summed E-state index contributed by atoms with van der Waals surface area (Å²) in [7, 11) is 0. The average Bonchev–Trinajstić information content (AvgIpc) is 2.35. The third-order valence-corrected chi connectivity index (χ3v) is 2.71. The lowest BCUT2D eigenvalue weighted by molar-refractivity contribution is 0.825. The molecule has 0 unspecified atom stereocenters. The van der Waals surface area contributed by atoms with Crippen molar-refractivity contribution < 1.29 is 0 Å². The van der Waals surface area contributed by atoms with Gasteiger partial charge in [-0.3, -0.25) is 4.79 Å². The van der Waals surface area contributed by atoms with Crippen molar-refractivity contribution in [3.05, 3.63) is 28.8 Å². The summed E-state index contributed by atoms with van der Waals surface area (Å²) in [4.78, 5) is 22.3. The molecule has 6 heteroatoms. The minimum Gasteiger partial charge on any atom is -0.341 e. The monoisotopic (exact) mass is 233 g/mol. The van der Waals surface area contributed by atoms with Crippen LogP contribution in [0.1, 0.15) is 13.8 Å². The fraction of sp³-hybridized carbons (Fsp3) is 0.364.